The molecule has 0 aliphatic rings. The Bertz CT molecular complexity index is 272. The minimum absolute atomic E-state index is 0.303. The van der Waals surface area contributed by atoms with Crippen LogP contribution in [0.15, 0.2) is 12.2 Å². The lowest BCUT2D eigenvalue weighted by molar-refractivity contribution is -0.143. The number of hydrogen-bond acceptors (Lipinski definition) is 4. The number of halogens is 2. The first-order valence-electron chi connectivity index (χ1n) is 5.14. The van der Waals surface area contributed by atoms with E-state index in [1.54, 1.807) is 0 Å². The first-order chi connectivity index (χ1) is 8.10. The fraction of sp³-hybridized carbons (Fsp3) is 0.600. The van der Waals surface area contributed by atoms with Crippen LogP contribution in [0.25, 0.3) is 0 Å². The predicted octanol–water partition coefficient (Wildman–Crippen LogP) is 0.745. The molecule has 1 amide bonds. The molecule has 0 saturated carbocycles. The number of carbonyl (C=O) groups excluding carboxylic acids is 2. The van der Waals surface area contributed by atoms with Gasteiger partial charge in [0, 0.05) is 36.9 Å². The highest BCUT2D eigenvalue weighted by Gasteiger charge is 2.06. The number of esters is 1. The molecule has 1 unspecified atom stereocenters. The molecule has 0 aromatic heterocycles. The average molecular weight is 283 g/mol. The first-order valence-corrected chi connectivity index (χ1v) is 6.21. The Hall–Kier alpha value is -0.780. The van der Waals surface area contributed by atoms with Gasteiger partial charge in [0.25, 0.3) is 0 Å². The Labute approximate surface area is 110 Å². The van der Waals surface area contributed by atoms with Gasteiger partial charge in [-0.05, 0) is 6.42 Å². The minimum Gasteiger partial charge on any atom is -0.444 e. The highest BCUT2D eigenvalue weighted by Crippen LogP contribution is 1.94. The molecule has 0 radical (unpaired) electrons. The number of ether oxygens (including phenoxy) is 1. The second-order valence-corrected chi connectivity index (χ2v) is 3.88. The van der Waals surface area contributed by atoms with Gasteiger partial charge in [-0.3, -0.25) is 10.5 Å². The van der Waals surface area contributed by atoms with Crippen LogP contribution in [0.1, 0.15) is 12.8 Å². The van der Waals surface area contributed by atoms with Gasteiger partial charge in [0.1, 0.15) is 0 Å². The van der Waals surface area contributed by atoms with Crippen LogP contribution in [-0.2, 0) is 14.3 Å². The molecule has 0 saturated heterocycles. The van der Waals surface area contributed by atoms with Crippen molar-refractivity contribution in [1.82, 2.24) is 5.32 Å². The lowest BCUT2D eigenvalue weighted by Crippen LogP contribution is -2.27. The number of nitrogens with two attached hydrogens (primary N) is 1. The van der Waals surface area contributed by atoms with Crippen LogP contribution < -0.4 is 11.1 Å². The van der Waals surface area contributed by atoms with E-state index >= 15 is 0 Å². The third kappa shape index (κ3) is 10.1. The van der Waals surface area contributed by atoms with E-state index in [0.29, 0.717) is 31.1 Å². The number of nitrogens with one attached hydrogen (secondary N) is 1. The molecular weight excluding hydrogens is 267 g/mol. The summed E-state index contributed by atoms with van der Waals surface area (Å²) in [6.45, 7) is 0.466. The fourth-order valence-corrected chi connectivity index (χ4v) is 1.18. The summed E-state index contributed by atoms with van der Waals surface area (Å²) in [5.41, 5.74) is 5.41. The van der Waals surface area contributed by atoms with E-state index in [1.807, 2.05) is 0 Å². The van der Waals surface area contributed by atoms with Gasteiger partial charge in [-0.1, -0.05) is 0 Å². The van der Waals surface area contributed by atoms with E-state index in [-0.39, 0.29) is 5.91 Å². The van der Waals surface area contributed by atoms with E-state index in [1.165, 1.54) is 0 Å². The van der Waals surface area contributed by atoms with Crippen LogP contribution in [0, 0.1) is 0 Å². The molecule has 0 aliphatic heterocycles. The summed E-state index contributed by atoms with van der Waals surface area (Å²) in [4.78, 5) is 22.3. The second-order valence-electron chi connectivity index (χ2n) is 3.12. The largest absolute Gasteiger partial charge is 0.444 e. The van der Waals surface area contributed by atoms with Crippen LogP contribution >= 0.6 is 23.2 Å². The summed E-state index contributed by atoms with van der Waals surface area (Å²) in [7, 11) is 0. The molecule has 0 spiro atoms. The molecule has 0 heterocycles. The molecule has 0 aromatic rings. The lowest BCUT2D eigenvalue weighted by atomic mass is 10.4. The van der Waals surface area contributed by atoms with E-state index in [0.717, 1.165) is 12.2 Å². The summed E-state index contributed by atoms with van der Waals surface area (Å²) in [6.07, 6.45) is 2.40. The number of hydrogen-bond donors (Lipinski definition) is 2. The molecule has 3 N–H and O–H groups in total. The van der Waals surface area contributed by atoms with Gasteiger partial charge in [-0.25, -0.2) is 4.79 Å². The molecule has 0 bridgehead atoms. The topological polar surface area (TPSA) is 81.4 Å². The summed E-state index contributed by atoms with van der Waals surface area (Å²) >= 11 is 10.8. The van der Waals surface area contributed by atoms with Crippen LogP contribution in [-0.4, -0.2) is 36.4 Å². The number of amides is 1. The normalized spacial score (nSPS) is 12.4. The molecule has 5 nitrogen and oxygen atoms in total. The zero-order chi connectivity index (χ0) is 13.1. The molecule has 1 atom stereocenters. The fourth-order valence-electron chi connectivity index (χ4n) is 0.836. The van der Waals surface area contributed by atoms with Gasteiger partial charge in [-0.2, -0.15) is 0 Å². The third-order valence-electron chi connectivity index (χ3n) is 1.64. The first kappa shape index (κ1) is 16.2. The molecule has 98 valence electrons. The molecular formula is C10H16Cl2N2O3. The van der Waals surface area contributed by atoms with Crippen molar-refractivity contribution in [3.05, 3.63) is 12.2 Å². The Balaban J connectivity index is 3.82. The van der Waals surface area contributed by atoms with Gasteiger partial charge >= 0.3 is 5.97 Å². The van der Waals surface area contributed by atoms with Gasteiger partial charge in [-0.15, -0.1) is 23.2 Å². The summed E-state index contributed by atoms with van der Waals surface area (Å²) in [5.74, 6) is -0.274. The second kappa shape index (κ2) is 10.4. The average Bonchev–Trinajstić information content (AvgIpc) is 2.27. The molecule has 0 aromatic carbocycles. The van der Waals surface area contributed by atoms with Crippen molar-refractivity contribution in [3.63, 3.8) is 0 Å². The zero-order valence-electron chi connectivity index (χ0n) is 9.33. The number of carbonyl (C=O) groups is 2. The van der Waals surface area contributed by atoms with Crippen LogP contribution in [0.3, 0.4) is 0 Å². The summed E-state index contributed by atoms with van der Waals surface area (Å²) in [5, 5.41) is 2.55. The minimum atomic E-state index is -0.746. The van der Waals surface area contributed by atoms with Crippen LogP contribution in [0.2, 0.25) is 0 Å². The van der Waals surface area contributed by atoms with E-state index < -0.39 is 12.2 Å². The molecule has 17 heavy (non-hydrogen) atoms. The van der Waals surface area contributed by atoms with E-state index in [2.05, 4.69) is 5.32 Å². The maximum atomic E-state index is 11.1. The maximum Gasteiger partial charge on any atom is 0.332 e. The summed E-state index contributed by atoms with van der Waals surface area (Å²) in [6, 6.07) is 0. The summed E-state index contributed by atoms with van der Waals surface area (Å²) < 4.78 is 4.73. The zero-order valence-corrected chi connectivity index (χ0v) is 10.8. The monoisotopic (exact) mass is 282 g/mol. The Kier molecular flexibility index (Phi) is 9.90. The van der Waals surface area contributed by atoms with Gasteiger partial charge in [0.2, 0.25) is 5.91 Å². The maximum absolute atomic E-state index is 11.1. The van der Waals surface area contributed by atoms with Crippen molar-refractivity contribution in [3.8, 4) is 0 Å². The lowest BCUT2D eigenvalue weighted by Gasteiger charge is -2.08. The van der Waals surface area contributed by atoms with Crippen LogP contribution in [0.5, 0.6) is 0 Å². The number of alkyl halides is 2. The highest BCUT2D eigenvalue weighted by atomic mass is 35.5. The van der Waals surface area contributed by atoms with Crippen molar-refractivity contribution < 1.29 is 14.3 Å². The van der Waals surface area contributed by atoms with Crippen LogP contribution in [0.4, 0.5) is 0 Å². The van der Waals surface area contributed by atoms with Crippen molar-refractivity contribution in [2.45, 2.75) is 19.1 Å². The van der Waals surface area contributed by atoms with E-state index in [4.69, 9.17) is 33.7 Å². The SMILES string of the molecule is NC(CCCl)OC(=O)/C=C\C(=O)NCCCCl. The standard InChI is InChI=1S/C10H16Cl2N2O3/c11-5-1-7-14-9(15)2-3-10(16)17-8(13)4-6-12/h2-3,8H,1,4-7,13H2,(H,14,15)/b3-2-. The molecule has 7 heteroatoms. The molecule has 0 aliphatic carbocycles. The predicted molar refractivity (Wildman–Crippen MR) is 66.9 cm³/mol. The quantitative estimate of drug-likeness (QED) is 0.226. The van der Waals surface area contributed by atoms with Crippen molar-refractivity contribution in [1.29, 1.82) is 0 Å². The van der Waals surface area contributed by atoms with Crippen molar-refractivity contribution in [2.24, 2.45) is 5.73 Å². The smallest absolute Gasteiger partial charge is 0.332 e. The van der Waals surface area contributed by atoms with Crippen molar-refractivity contribution in [2.75, 3.05) is 18.3 Å². The third-order valence-corrected chi connectivity index (χ3v) is 2.13. The van der Waals surface area contributed by atoms with Gasteiger partial charge in [0.15, 0.2) is 6.23 Å². The highest BCUT2D eigenvalue weighted by molar-refractivity contribution is 6.18. The van der Waals surface area contributed by atoms with Gasteiger partial charge < -0.3 is 10.1 Å². The Morgan fingerprint density at radius 1 is 1.29 bits per heavy atom. The van der Waals surface area contributed by atoms with E-state index in [9.17, 15) is 9.59 Å². The Morgan fingerprint density at radius 3 is 2.59 bits per heavy atom. The number of rotatable bonds is 8. The molecule has 0 rings (SSSR count). The molecule has 0 fully saturated rings. The van der Waals surface area contributed by atoms with Gasteiger partial charge in [0.05, 0.1) is 0 Å². The Morgan fingerprint density at radius 2 is 2.00 bits per heavy atom. The van der Waals surface area contributed by atoms with Crippen molar-refractivity contribution >= 4 is 35.1 Å².